The number of ether oxygens (including phenoxy) is 1. The average molecular weight is 359 g/mol. The van der Waals surface area contributed by atoms with E-state index in [9.17, 15) is 14.9 Å². The normalized spacial score (nSPS) is 10.3. The van der Waals surface area contributed by atoms with Crippen molar-refractivity contribution in [3.63, 3.8) is 0 Å². The number of rotatable bonds is 8. The van der Waals surface area contributed by atoms with Crippen LogP contribution in [0, 0.1) is 24.0 Å². The molecular weight excluding hydrogens is 338 g/mol. The topological polar surface area (TPSA) is 119 Å². The number of benzene rings is 1. The summed E-state index contributed by atoms with van der Waals surface area (Å²) in [6.45, 7) is 4.32. The number of amides is 1. The van der Waals surface area contributed by atoms with Crippen molar-refractivity contribution in [3.8, 4) is 5.75 Å². The van der Waals surface area contributed by atoms with Crippen molar-refractivity contribution in [2.24, 2.45) is 0 Å². The Morgan fingerprint density at radius 2 is 1.92 bits per heavy atom. The summed E-state index contributed by atoms with van der Waals surface area (Å²) in [6.07, 6.45) is 0.831. The number of aryl methyl sites for hydroxylation is 2. The Morgan fingerprint density at radius 3 is 2.54 bits per heavy atom. The van der Waals surface area contributed by atoms with Gasteiger partial charge in [-0.15, -0.1) is 0 Å². The minimum Gasteiger partial charge on any atom is -0.490 e. The molecule has 0 bridgehead atoms. The van der Waals surface area contributed by atoms with Gasteiger partial charge < -0.3 is 15.4 Å². The van der Waals surface area contributed by atoms with Crippen molar-refractivity contribution >= 4 is 23.2 Å². The molecule has 1 aromatic heterocycles. The number of anilines is 2. The third kappa shape index (κ3) is 5.40. The predicted molar refractivity (Wildman–Crippen MR) is 97.5 cm³/mol. The minimum absolute atomic E-state index is 0.144. The van der Waals surface area contributed by atoms with E-state index in [0.29, 0.717) is 24.6 Å². The van der Waals surface area contributed by atoms with Gasteiger partial charge in [0.15, 0.2) is 5.75 Å². The zero-order chi connectivity index (χ0) is 19.1. The Hall–Kier alpha value is -3.23. The monoisotopic (exact) mass is 359 g/mol. The molecule has 9 heteroatoms. The van der Waals surface area contributed by atoms with Gasteiger partial charge in [-0.3, -0.25) is 14.9 Å². The molecular formula is C17H21N5O4. The second-order valence-electron chi connectivity index (χ2n) is 5.70. The highest BCUT2D eigenvalue weighted by Crippen LogP contribution is 2.29. The quantitative estimate of drug-likeness (QED) is 0.422. The Bertz CT molecular complexity index is 789. The molecule has 26 heavy (non-hydrogen) atoms. The van der Waals surface area contributed by atoms with E-state index in [1.807, 2.05) is 19.9 Å². The van der Waals surface area contributed by atoms with Crippen molar-refractivity contribution in [1.29, 1.82) is 0 Å². The highest BCUT2D eigenvalue weighted by Gasteiger charge is 2.16. The standard InChI is InChI=1S/C17H21N5O4/c1-11-9-12(2)20-17(19-11)18-8-4-5-16(23)21-13-6-7-15(26-3)14(10-13)22(24)25/h6-7,9-10H,4-5,8H2,1-3H3,(H,21,23)(H,18,19,20). The molecule has 0 aliphatic carbocycles. The molecule has 0 atom stereocenters. The van der Waals surface area contributed by atoms with E-state index in [1.165, 1.54) is 19.2 Å². The molecule has 0 saturated heterocycles. The minimum atomic E-state index is -0.553. The third-order valence-corrected chi connectivity index (χ3v) is 3.51. The fraction of sp³-hybridized carbons (Fsp3) is 0.353. The van der Waals surface area contributed by atoms with Gasteiger partial charge in [0.1, 0.15) is 0 Å². The summed E-state index contributed by atoms with van der Waals surface area (Å²) >= 11 is 0. The maximum Gasteiger partial charge on any atom is 0.312 e. The number of nitrogens with zero attached hydrogens (tertiary/aromatic N) is 3. The number of nitrogens with one attached hydrogen (secondary N) is 2. The summed E-state index contributed by atoms with van der Waals surface area (Å²) in [6, 6.07) is 6.17. The van der Waals surface area contributed by atoms with E-state index in [2.05, 4.69) is 20.6 Å². The first-order chi connectivity index (χ1) is 12.4. The molecule has 2 aromatic rings. The van der Waals surface area contributed by atoms with E-state index < -0.39 is 4.92 Å². The first-order valence-corrected chi connectivity index (χ1v) is 8.07. The van der Waals surface area contributed by atoms with Gasteiger partial charge in [-0.05, 0) is 38.5 Å². The Kier molecular flexibility index (Phi) is 6.42. The Balaban J connectivity index is 1.83. The maximum absolute atomic E-state index is 12.0. The lowest BCUT2D eigenvalue weighted by atomic mass is 10.2. The number of carbonyl (C=O) groups excluding carboxylic acids is 1. The fourth-order valence-electron chi connectivity index (χ4n) is 2.39. The predicted octanol–water partition coefficient (Wildman–Crippen LogP) is 2.84. The van der Waals surface area contributed by atoms with Crippen molar-refractivity contribution < 1.29 is 14.5 Å². The number of hydrogen-bond acceptors (Lipinski definition) is 7. The van der Waals surface area contributed by atoms with Gasteiger partial charge in [-0.25, -0.2) is 9.97 Å². The molecule has 9 nitrogen and oxygen atoms in total. The van der Waals surface area contributed by atoms with E-state index in [4.69, 9.17) is 4.74 Å². The number of nitro groups is 1. The summed E-state index contributed by atoms with van der Waals surface area (Å²) in [7, 11) is 1.35. The highest BCUT2D eigenvalue weighted by atomic mass is 16.6. The number of methoxy groups -OCH3 is 1. The second kappa shape index (κ2) is 8.75. The van der Waals surface area contributed by atoms with E-state index in [-0.39, 0.29) is 23.8 Å². The van der Waals surface area contributed by atoms with Gasteiger partial charge in [0.25, 0.3) is 0 Å². The third-order valence-electron chi connectivity index (χ3n) is 3.51. The van der Waals surface area contributed by atoms with Crippen LogP contribution in [-0.4, -0.2) is 34.5 Å². The van der Waals surface area contributed by atoms with Crippen LogP contribution in [0.1, 0.15) is 24.2 Å². The first-order valence-electron chi connectivity index (χ1n) is 8.07. The molecule has 0 radical (unpaired) electrons. The van der Waals surface area contributed by atoms with Gasteiger partial charge in [-0.2, -0.15) is 0 Å². The number of carbonyl (C=O) groups is 1. The summed E-state index contributed by atoms with van der Waals surface area (Å²) in [5.74, 6) is 0.451. The smallest absolute Gasteiger partial charge is 0.312 e. The van der Waals surface area contributed by atoms with Crippen LogP contribution >= 0.6 is 0 Å². The zero-order valence-electron chi connectivity index (χ0n) is 14.9. The van der Waals surface area contributed by atoms with E-state index >= 15 is 0 Å². The van der Waals surface area contributed by atoms with Crippen molar-refractivity contribution in [2.75, 3.05) is 24.3 Å². The van der Waals surface area contributed by atoms with Crippen LogP contribution in [-0.2, 0) is 4.79 Å². The van der Waals surface area contributed by atoms with Gasteiger partial charge in [0, 0.05) is 36.1 Å². The highest BCUT2D eigenvalue weighted by molar-refractivity contribution is 5.91. The molecule has 1 amide bonds. The van der Waals surface area contributed by atoms with Crippen LogP contribution in [0.4, 0.5) is 17.3 Å². The van der Waals surface area contributed by atoms with Crippen LogP contribution in [0.25, 0.3) is 0 Å². The van der Waals surface area contributed by atoms with Gasteiger partial charge >= 0.3 is 5.69 Å². The molecule has 0 aliphatic rings. The van der Waals surface area contributed by atoms with Crippen LogP contribution < -0.4 is 15.4 Å². The maximum atomic E-state index is 12.0. The lowest BCUT2D eigenvalue weighted by molar-refractivity contribution is -0.385. The fourth-order valence-corrected chi connectivity index (χ4v) is 2.39. The Morgan fingerprint density at radius 1 is 1.23 bits per heavy atom. The molecule has 2 N–H and O–H groups in total. The molecule has 1 heterocycles. The lowest BCUT2D eigenvalue weighted by Crippen LogP contribution is -2.14. The Labute approximate surface area is 151 Å². The molecule has 0 fully saturated rings. The van der Waals surface area contributed by atoms with E-state index in [0.717, 1.165) is 11.4 Å². The summed E-state index contributed by atoms with van der Waals surface area (Å²) in [5.41, 5.74) is 1.91. The van der Waals surface area contributed by atoms with E-state index in [1.54, 1.807) is 6.07 Å². The first kappa shape index (κ1) is 19.1. The molecule has 0 unspecified atom stereocenters. The summed E-state index contributed by atoms with van der Waals surface area (Å²) in [5, 5.41) is 16.7. The van der Waals surface area contributed by atoms with Crippen LogP contribution in [0.2, 0.25) is 0 Å². The molecule has 0 aliphatic heterocycles. The van der Waals surface area contributed by atoms with Crippen LogP contribution in [0.5, 0.6) is 5.75 Å². The van der Waals surface area contributed by atoms with Gasteiger partial charge in [-0.1, -0.05) is 0 Å². The molecule has 0 saturated carbocycles. The average Bonchev–Trinajstić information content (AvgIpc) is 2.58. The number of aromatic nitrogens is 2. The molecule has 138 valence electrons. The lowest BCUT2D eigenvalue weighted by Gasteiger charge is -2.08. The van der Waals surface area contributed by atoms with Crippen LogP contribution in [0.15, 0.2) is 24.3 Å². The summed E-state index contributed by atoms with van der Waals surface area (Å²) < 4.78 is 4.93. The van der Waals surface area contributed by atoms with Crippen molar-refractivity contribution in [2.45, 2.75) is 26.7 Å². The molecule has 1 aromatic carbocycles. The summed E-state index contributed by atoms with van der Waals surface area (Å²) in [4.78, 5) is 31.0. The molecule has 0 spiro atoms. The molecule has 2 rings (SSSR count). The van der Waals surface area contributed by atoms with Gasteiger partial charge in [0.05, 0.1) is 12.0 Å². The van der Waals surface area contributed by atoms with Crippen molar-refractivity contribution in [1.82, 2.24) is 9.97 Å². The van der Waals surface area contributed by atoms with Gasteiger partial charge in [0.2, 0.25) is 11.9 Å². The largest absolute Gasteiger partial charge is 0.490 e. The second-order valence-corrected chi connectivity index (χ2v) is 5.70. The number of nitro benzene ring substituents is 1. The SMILES string of the molecule is COc1ccc(NC(=O)CCCNc2nc(C)cc(C)n2)cc1[N+](=O)[O-]. The number of hydrogen-bond donors (Lipinski definition) is 2. The zero-order valence-corrected chi connectivity index (χ0v) is 14.9. The van der Waals surface area contributed by atoms with Crippen molar-refractivity contribution in [3.05, 3.63) is 45.8 Å². The van der Waals surface area contributed by atoms with Crippen LogP contribution in [0.3, 0.4) is 0 Å².